The Morgan fingerprint density at radius 2 is 2.10 bits per heavy atom. The van der Waals surface area contributed by atoms with Gasteiger partial charge in [0.1, 0.15) is 0 Å². The number of aromatic nitrogens is 2. The van der Waals surface area contributed by atoms with E-state index in [0.29, 0.717) is 6.42 Å². The zero-order valence-electron chi connectivity index (χ0n) is 12.3. The van der Waals surface area contributed by atoms with E-state index in [9.17, 15) is 4.79 Å². The molecule has 2 rings (SSSR count). The van der Waals surface area contributed by atoms with Gasteiger partial charge in [-0.05, 0) is 42.6 Å². The van der Waals surface area contributed by atoms with Crippen LogP contribution >= 0.6 is 15.9 Å². The molecule has 0 unspecified atom stereocenters. The molecule has 0 bridgehead atoms. The van der Waals surface area contributed by atoms with E-state index in [0.717, 1.165) is 61.4 Å². The predicted molar refractivity (Wildman–Crippen MR) is 82.5 cm³/mol. The second kappa shape index (κ2) is 7.22. The fourth-order valence-electron chi connectivity index (χ4n) is 2.56. The van der Waals surface area contributed by atoms with Crippen LogP contribution in [-0.2, 0) is 17.9 Å². The lowest BCUT2D eigenvalue weighted by Crippen LogP contribution is -2.30. The fourth-order valence-corrected chi connectivity index (χ4v) is 2.99. The van der Waals surface area contributed by atoms with Crippen molar-refractivity contribution >= 4 is 21.8 Å². The van der Waals surface area contributed by atoms with Crippen LogP contribution in [-0.4, -0.2) is 40.2 Å². The van der Waals surface area contributed by atoms with E-state index in [1.54, 1.807) is 0 Å². The highest BCUT2D eigenvalue weighted by atomic mass is 79.9. The monoisotopic (exact) mass is 342 g/mol. The Balaban J connectivity index is 1.77. The van der Waals surface area contributed by atoms with Crippen molar-refractivity contribution in [2.75, 3.05) is 19.6 Å². The van der Waals surface area contributed by atoms with Crippen molar-refractivity contribution in [1.82, 2.24) is 20.0 Å². The van der Waals surface area contributed by atoms with Crippen molar-refractivity contribution in [3.8, 4) is 0 Å². The maximum Gasteiger partial charge on any atom is 0.223 e. The molecule has 1 aromatic rings. The van der Waals surface area contributed by atoms with Crippen LogP contribution in [0.5, 0.6) is 0 Å². The summed E-state index contributed by atoms with van der Waals surface area (Å²) in [5, 5.41) is 7.81. The third-order valence-corrected chi connectivity index (χ3v) is 4.75. The summed E-state index contributed by atoms with van der Waals surface area (Å²) in [4.78, 5) is 13.9. The van der Waals surface area contributed by atoms with Gasteiger partial charge in [0.2, 0.25) is 5.91 Å². The number of carbonyl (C=O) groups excluding carboxylic acids is 1. The molecule has 0 spiro atoms. The van der Waals surface area contributed by atoms with Gasteiger partial charge in [-0.3, -0.25) is 9.48 Å². The van der Waals surface area contributed by atoms with Gasteiger partial charge >= 0.3 is 0 Å². The number of carbonyl (C=O) groups is 1. The number of rotatable bonds is 6. The topological polar surface area (TPSA) is 50.2 Å². The Morgan fingerprint density at radius 3 is 2.75 bits per heavy atom. The highest BCUT2D eigenvalue weighted by Gasteiger charge is 2.17. The van der Waals surface area contributed by atoms with Crippen LogP contribution < -0.4 is 5.32 Å². The van der Waals surface area contributed by atoms with E-state index in [-0.39, 0.29) is 5.91 Å². The number of halogens is 1. The largest absolute Gasteiger partial charge is 0.343 e. The minimum absolute atomic E-state index is 0.272. The van der Waals surface area contributed by atoms with Gasteiger partial charge in [0.15, 0.2) is 0 Å². The molecule has 0 aromatic carbocycles. The van der Waals surface area contributed by atoms with Crippen LogP contribution in [0.1, 0.15) is 37.6 Å². The third-order valence-electron chi connectivity index (χ3n) is 3.72. The number of amides is 1. The molecule has 6 heteroatoms. The van der Waals surface area contributed by atoms with Crippen LogP contribution in [0, 0.1) is 6.92 Å². The number of aryl methyl sites for hydroxylation is 2. The summed E-state index contributed by atoms with van der Waals surface area (Å²) in [7, 11) is 0. The molecule has 1 aliphatic heterocycles. The molecule has 1 N–H and O–H groups in total. The van der Waals surface area contributed by atoms with Crippen molar-refractivity contribution in [1.29, 1.82) is 0 Å². The lowest BCUT2D eigenvalue weighted by Gasteiger charge is -2.15. The van der Waals surface area contributed by atoms with Crippen LogP contribution in [0.15, 0.2) is 4.47 Å². The van der Waals surface area contributed by atoms with Crippen molar-refractivity contribution in [3.63, 3.8) is 0 Å². The standard InChI is InChI=1S/C14H23BrN4O/c1-3-19-12(14(15)11(2)17-19)10-16-7-6-13(20)18-8-4-5-9-18/h16H,3-10H2,1-2H3. The number of hydrogen-bond acceptors (Lipinski definition) is 3. The highest BCUT2D eigenvalue weighted by molar-refractivity contribution is 9.10. The first kappa shape index (κ1) is 15.5. The number of nitrogens with zero attached hydrogens (tertiary/aromatic N) is 3. The number of likely N-dealkylation sites (tertiary alicyclic amines) is 1. The van der Waals surface area contributed by atoms with Crippen molar-refractivity contribution in [2.24, 2.45) is 0 Å². The summed E-state index contributed by atoms with van der Waals surface area (Å²) in [6.45, 7) is 8.27. The fraction of sp³-hybridized carbons (Fsp3) is 0.714. The van der Waals surface area contributed by atoms with Crippen LogP contribution in [0.4, 0.5) is 0 Å². The van der Waals surface area contributed by atoms with E-state index in [1.165, 1.54) is 0 Å². The Bertz CT molecular complexity index is 466. The molecular weight excluding hydrogens is 320 g/mol. The van der Waals surface area contributed by atoms with Crippen LogP contribution in [0.2, 0.25) is 0 Å². The Morgan fingerprint density at radius 1 is 1.40 bits per heavy atom. The molecule has 2 heterocycles. The van der Waals surface area contributed by atoms with Gasteiger partial charge in [-0.2, -0.15) is 5.10 Å². The van der Waals surface area contributed by atoms with E-state index >= 15 is 0 Å². The van der Waals surface area contributed by atoms with Gasteiger partial charge in [0.05, 0.1) is 15.9 Å². The molecule has 1 saturated heterocycles. The quantitative estimate of drug-likeness (QED) is 0.805. The van der Waals surface area contributed by atoms with Gasteiger partial charge in [-0.25, -0.2) is 0 Å². The molecule has 0 atom stereocenters. The van der Waals surface area contributed by atoms with E-state index in [1.807, 2.05) is 16.5 Å². The summed E-state index contributed by atoms with van der Waals surface area (Å²) in [6.07, 6.45) is 2.89. The molecule has 20 heavy (non-hydrogen) atoms. The molecule has 1 aliphatic rings. The second-order valence-corrected chi connectivity index (χ2v) is 5.97. The first-order chi connectivity index (χ1) is 9.63. The van der Waals surface area contributed by atoms with Gasteiger partial charge < -0.3 is 10.2 Å². The number of nitrogens with one attached hydrogen (secondary N) is 1. The smallest absolute Gasteiger partial charge is 0.223 e. The Labute approximate surface area is 128 Å². The molecule has 1 aromatic heterocycles. The molecular formula is C14H23BrN4O. The van der Waals surface area contributed by atoms with Crippen molar-refractivity contribution in [2.45, 2.75) is 46.2 Å². The zero-order valence-corrected chi connectivity index (χ0v) is 13.9. The zero-order chi connectivity index (χ0) is 14.5. The third kappa shape index (κ3) is 3.61. The summed E-state index contributed by atoms with van der Waals surface area (Å²) in [6, 6.07) is 0. The van der Waals surface area contributed by atoms with Gasteiger partial charge in [-0.15, -0.1) is 0 Å². The highest BCUT2D eigenvalue weighted by Crippen LogP contribution is 2.20. The maximum atomic E-state index is 11.9. The molecule has 1 amide bonds. The van der Waals surface area contributed by atoms with Crippen molar-refractivity contribution in [3.05, 3.63) is 15.9 Å². The summed E-state index contributed by atoms with van der Waals surface area (Å²) < 4.78 is 3.06. The SMILES string of the molecule is CCn1nc(C)c(Br)c1CNCCC(=O)N1CCCC1. The summed E-state index contributed by atoms with van der Waals surface area (Å²) in [5.41, 5.74) is 2.16. The molecule has 0 saturated carbocycles. The van der Waals surface area contributed by atoms with E-state index in [2.05, 4.69) is 33.3 Å². The maximum absolute atomic E-state index is 11.9. The average Bonchev–Trinajstić information content (AvgIpc) is 3.06. The van der Waals surface area contributed by atoms with Gasteiger partial charge in [0.25, 0.3) is 0 Å². The molecule has 112 valence electrons. The molecule has 5 nitrogen and oxygen atoms in total. The second-order valence-electron chi connectivity index (χ2n) is 5.18. The predicted octanol–water partition coefficient (Wildman–Crippen LogP) is 2.08. The first-order valence-corrected chi connectivity index (χ1v) is 8.13. The minimum Gasteiger partial charge on any atom is -0.343 e. The van der Waals surface area contributed by atoms with Gasteiger partial charge in [0, 0.05) is 39.1 Å². The molecule has 0 radical (unpaired) electrons. The average molecular weight is 343 g/mol. The summed E-state index contributed by atoms with van der Waals surface area (Å²) >= 11 is 3.58. The van der Waals surface area contributed by atoms with Gasteiger partial charge in [-0.1, -0.05) is 0 Å². The van der Waals surface area contributed by atoms with E-state index in [4.69, 9.17) is 0 Å². The van der Waals surface area contributed by atoms with E-state index < -0.39 is 0 Å². The Hall–Kier alpha value is -0.880. The van der Waals surface area contributed by atoms with Crippen molar-refractivity contribution < 1.29 is 4.79 Å². The first-order valence-electron chi connectivity index (χ1n) is 7.33. The lowest BCUT2D eigenvalue weighted by molar-refractivity contribution is -0.130. The van der Waals surface area contributed by atoms with Crippen LogP contribution in [0.3, 0.4) is 0 Å². The summed E-state index contributed by atoms with van der Waals surface area (Å²) in [5.74, 6) is 0.272. The number of hydrogen-bond donors (Lipinski definition) is 1. The lowest BCUT2D eigenvalue weighted by atomic mass is 10.3. The van der Waals surface area contributed by atoms with Crippen LogP contribution in [0.25, 0.3) is 0 Å². The molecule has 1 fully saturated rings. The Kier molecular flexibility index (Phi) is 5.60. The normalized spacial score (nSPS) is 15.1. The molecule has 0 aliphatic carbocycles. The minimum atomic E-state index is 0.272.